The molecule has 8 aliphatic rings. The van der Waals surface area contributed by atoms with Gasteiger partial charge in [0.15, 0.2) is 85.6 Å². The summed E-state index contributed by atoms with van der Waals surface area (Å²) in [5, 5.41) is 0. The maximum Gasteiger partial charge on any atom is 0.416 e. The zero-order chi connectivity index (χ0) is 99.1. The number of halogens is 20. The molecule has 0 radical (unpaired) electrons. The molecule has 12 atom stereocenters. The molecule has 0 unspecified atom stereocenters. The molecule has 4 heterocycles. The van der Waals surface area contributed by atoms with Gasteiger partial charge in [-0.05, 0) is 253 Å². The second-order valence-electron chi connectivity index (χ2n) is 35.5. The third kappa shape index (κ3) is 19.0. The highest BCUT2D eigenvalue weighted by Gasteiger charge is 2.65. The minimum atomic E-state index is -4.73. The van der Waals surface area contributed by atoms with E-state index in [-0.39, 0.29) is 121 Å². The van der Waals surface area contributed by atoms with Crippen LogP contribution in [0.25, 0.3) is 0 Å². The van der Waals surface area contributed by atoms with Crippen LogP contribution in [0.5, 0.6) is 23.0 Å². The van der Waals surface area contributed by atoms with Crippen LogP contribution in [0.3, 0.4) is 0 Å². The molecule has 8 aromatic rings. The monoisotopic (exact) mass is 2040 g/mol. The van der Waals surface area contributed by atoms with Gasteiger partial charge in [-0.1, -0.05) is 56.6 Å². The van der Waals surface area contributed by atoms with Crippen molar-refractivity contribution in [1.29, 1.82) is 0 Å². The van der Waals surface area contributed by atoms with Gasteiger partial charge in [0.2, 0.25) is 20.0 Å². The molecule has 17 nitrogen and oxygen atoms in total. The number of sulfone groups is 4. The maximum absolute atomic E-state index is 15.3. The van der Waals surface area contributed by atoms with Crippen molar-refractivity contribution in [3.05, 3.63) is 237 Å². The predicted molar refractivity (Wildman–Crippen MR) is 453 cm³/mol. The Kier molecular flexibility index (Phi) is 29.2. The fraction of sp³-hybridized carbons (Fsp3) is 0.478. The smallest absolute Gasteiger partial charge is 0.416 e. The standard InChI is InChI=1S/C24H26F5NO7S3.2C23H23F5O3S.C22H21F5O3S/c1-38(31,32)30(39(2,33)34)12-10-15-9-11-23(40(35,36)18-5-3-16(4-6-18)24(27,28)29)17(13-15)14-37-22-20(26)8-7-19(25)21(22)23;2*1-2-3-14-10-11-22(32(29,30)17-6-4-15(5-7-17)23(26,27)28)16(12-14)13-31-21-19(25)9-8-18(24)20(21)22;1-2-13-9-10-21(31(28,29)16-5-3-14(4-6-16)22(25,26)27)15(11-13)12-30-20-18(24)8-7-17(23)19(20)21/h3-8,15,17H,9-14H2,1-2H3;2*4-9,14,16H,2-3,10-13H2,1H3;3-8,13,15H,2,9-12H2,1H3/t15-,17+,23-;2*14-,16-,22+;13-,15-,21+/m0111/s1. The summed E-state index contributed by atoms with van der Waals surface area (Å²) in [5.74, 6) is -12.0. The topological polar surface area (TPSA) is 245 Å². The van der Waals surface area contributed by atoms with Gasteiger partial charge in [0.25, 0.3) is 0 Å². The number of fused-ring (bicyclic) bond motifs is 12. The second-order valence-corrected chi connectivity index (χ2v) is 48.4. The van der Waals surface area contributed by atoms with Crippen LogP contribution in [0.4, 0.5) is 87.8 Å². The van der Waals surface area contributed by atoms with Crippen LogP contribution < -0.4 is 18.9 Å². The van der Waals surface area contributed by atoms with Crippen LogP contribution in [0.1, 0.15) is 181 Å². The molecule has 4 aliphatic carbocycles. The molecule has 0 spiro atoms. The summed E-state index contributed by atoms with van der Waals surface area (Å²) in [6.45, 7) is 4.91. The lowest BCUT2D eigenvalue weighted by molar-refractivity contribution is -0.138. The minimum absolute atomic E-state index is 0.0105. The van der Waals surface area contributed by atoms with Crippen molar-refractivity contribution < 1.29 is 157 Å². The molecule has 0 N–H and O–H groups in total. The first-order valence-electron chi connectivity index (χ1n) is 43.2. The van der Waals surface area contributed by atoms with E-state index in [0.717, 1.165) is 142 Å². The molecule has 0 amide bonds. The minimum Gasteiger partial charge on any atom is -0.490 e. The third-order valence-electron chi connectivity index (χ3n) is 27.8. The van der Waals surface area contributed by atoms with Crippen molar-refractivity contribution in [2.75, 3.05) is 45.5 Å². The van der Waals surface area contributed by atoms with E-state index in [1.165, 1.54) is 0 Å². The van der Waals surface area contributed by atoms with Crippen molar-refractivity contribution in [3.63, 3.8) is 0 Å². The molecule has 4 saturated carbocycles. The van der Waals surface area contributed by atoms with E-state index in [9.17, 15) is 121 Å². The molecule has 16 rings (SSSR count). The average molecular weight is 2040 g/mol. The van der Waals surface area contributed by atoms with E-state index in [2.05, 4.69) is 0 Å². The number of sulfonamides is 2. The van der Waals surface area contributed by atoms with E-state index >= 15 is 17.6 Å². The van der Waals surface area contributed by atoms with Crippen LogP contribution in [-0.2, 0) is 103 Å². The van der Waals surface area contributed by atoms with Crippen molar-refractivity contribution >= 4 is 59.4 Å². The molecule has 0 bridgehead atoms. The summed E-state index contributed by atoms with van der Waals surface area (Å²) in [4.78, 5) is -1.56. The van der Waals surface area contributed by atoms with Gasteiger partial charge in [0.1, 0.15) is 42.3 Å². The Morgan fingerprint density at radius 3 is 0.696 bits per heavy atom. The van der Waals surface area contributed by atoms with Crippen LogP contribution >= 0.6 is 0 Å². The summed E-state index contributed by atoms with van der Waals surface area (Å²) in [5.41, 5.74) is -5.63. The molecule has 43 heteroatoms. The van der Waals surface area contributed by atoms with Gasteiger partial charge in [0, 0.05) is 30.2 Å². The SMILES string of the molecule is CCC[C@@H]1CC[C@@]2(S(=O)(=O)c3ccc(C(F)(F)F)cc3)c3c(F)ccc(F)c3OC[C@H]2C1.CCC[C@@H]1CC[C@@]2(S(=O)(=O)c3ccc(C(F)(F)F)cc3)c3c(F)ccc(F)c3OC[C@H]2C1.CC[C@@H]1CC[C@@]2(S(=O)(=O)c3ccc(C(F)(F)F)cc3)c3c(F)ccc(F)c3OC[C@H]2C1.CS(=O)(=O)N(CC[C@@H]1CC[C@@]2(S(=O)(=O)c3ccc(C(F)(F)F)cc3)c3c(F)ccc(F)c3OC[C@H]2C1)S(C)(=O)=O. The van der Waals surface area contributed by atoms with Crippen molar-refractivity contribution in [3.8, 4) is 23.0 Å². The Morgan fingerprint density at radius 2 is 0.496 bits per heavy atom. The number of benzene rings is 8. The predicted octanol–water partition coefficient (Wildman–Crippen LogP) is 22.5. The van der Waals surface area contributed by atoms with Crippen molar-refractivity contribution in [1.82, 2.24) is 3.71 Å². The molecule has 4 fully saturated rings. The number of hydrogen-bond donors (Lipinski definition) is 0. The lowest BCUT2D eigenvalue weighted by Crippen LogP contribution is -2.52. The largest absolute Gasteiger partial charge is 0.490 e. The summed E-state index contributed by atoms with van der Waals surface area (Å²) in [6, 6.07) is 19.1. The van der Waals surface area contributed by atoms with E-state index < -0.39 is 241 Å². The lowest BCUT2D eigenvalue weighted by atomic mass is 9.68. The van der Waals surface area contributed by atoms with E-state index in [1.54, 1.807) is 0 Å². The van der Waals surface area contributed by atoms with Crippen LogP contribution in [0.2, 0.25) is 0 Å². The van der Waals surface area contributed by atoms with Gasteiger partial charge in [0.05, 0.1) is 103 Å². The molecule has 135 heavy (non-hydrogen) atoms. The fourth-order valence-corrected chi connectivity index (χ4v) is 33.7. The lowest BCUT2D eigenvalue weighted by Gasteiger charge is -2.49. The van der Waals surface area contributed by atoms with Crippen LogP contribution in [0, 0.1) is 93.9 Å². The molecule has 0 saturated heterocycles. The van der Waals surface area contributed by atoms with Crippen LogP contribution in [0.15, 0.2) is 165 Å². The van der Waals surface area contributed by atoms with Gasteiger partial charge in [-0.25, -0.2) is 85.6 Å². The van der Waals surface area contributed by atoms with Gasteiger partial charge in [-0.15, -0.1) is 0 Å². The number of hydrogen-bond acceptors (Lipinski definition) is 16. The van der Waals surface area contributed by atoms with Crippen molar-refractivity contribution in [2.24, 2.45) is 47.3 Å². The second kappa shape index (κ2) is 38.1. The molecule has 8 aromatic carbocycles. The molecule has 738 valence electrons. The van der Waals surface area contributed by atoms with E-state index in [1.807, 2.05) is 20.8 Å². The van der Waals surface area contributed by atoms with E-state index in [4.69, 9.17) is 18.9 Å². The molecule has 4 aliphatic heterocycles. The Bertz CT molecular complexity index is 6290. The van der Waals surface area contributed by atoms with Crippen LogP contribution in [-0.4, -0.2) is 99.7 Å². The average Bonchev–Trinajstić information content (AvgIpc) is 0.712. The van der Waals surface area contributed by atoms with Gasteiger partial charge >= 0.3 is 24.7 Å². The summed E-state index contributed by atoms with van der Waals surface area (Å²) in [7, 11) is -26.1. The zero-order valence-corrected chi connectivity index (χ0v) is 77.6. The maximum atomic E-state index is 15.3. The quantitative estimate of drug-likeness (QED) is 0.0725. The summed E-state index contributed by atoms with van der Waals surface area (Å²) >= 11 is 0. The normalized spacial score (nSPS) is 25.1. The Labute approximate surface area is 767 Å². The van der Waals surface area contributed by atoms with Crippen molar-refractivity contribution in [2.45, 2.75) is 200 Å². The van der Waals surface area contributed by atoms with Gasteiger partial charge < -0.3 is 18.9 Å². The first-order chi connectivity index (χ1) is 62.9. The first-order valence-corrected chi connectivity index (χ1v) is 52.8. The number of ether oxygens (including phenoxy) is 4. The Hall–Kier alpha value is -8.78. The highest BCUT2D eigenvalue weighted by atomic mass is 32.3. The summed E-state index contributed by atoms with van der Waals surface area (Å²) < 4.78 is 450. The first kappa shape index (κ1) is 104. The van der Waals surface area contributed by atoms with Gasteiger partial charge in [-0.2, -0.15) is 52.7 Å². The zero-order valence-electron chi connectivity index (χ0n) is 72.7. The fourth-order valence-electron chi connectivity index (χ4n) is 21.4. The molecule has 0 aromatic heterocycles. The Balaban J connectivity index is 0.000000153. The highest BCUT2D eigenvalue weighted by Crippen LogP contribution is 2.64. The number of rotatable bonds is 18. The Morgan fingerprint density at radius 1 is 0.296 bits per heavy atom. The van der Waals surface area contributed by atoms with E-state index in [0.29, 0.717) is 90.8 Å². The highest BCUT2D eigenvalue weighted by molar-refractivity contribution is 8.03. The third-order valence-corrected chi connectivity index (χ3v) is 41.6. The molecular weight excluding hydrogens is 1950 g/mol. The number of alkyl halides is 12. The number of nitrogens with zero attached hydrogens (tertiary/aromatic N) is 1. The van der Waals surface area contributed by atoms with Gasteiger partial charge in [-0.3, -0.25) is 0 Å². The molecular formula is C92H93F20NO16S6. The summed E-state index contributed by atoms with van der Waals surface area (Å²) in [6.07, 6.45) is -10.1.